The molecule has 0 heterocycles. The fourth-order valence-corrected chi connectivity index (χ4v) is 3.81. The lowest BCUT2D eigenvalue weighted by atomic mass is 9.86. The Hall–Kier alpha value is 1.21. The SMILES string of the molecule is O=C(O)C1(Cl)C(Cl)C(Cl)C(Cl)C(Cl)C1Cl. The van der Waals surface area contributed by atoms with Crippen LogP contribution in [-0.4, -0.2) is 42.8 Å². The molecule has 8 heteroatoms. The Morgan fingerprint density at radius 3 is 1.53 bits per heavy atom. The van der Waals surface area contributed by atoms with Gasteiger partial charge < -0.3 is 5.11 Å². The highest BCUT2D eigenvalue weighted by atomic mass is 35.5. The minimum atomic E-state index is -1.91. The Morgan fingerprint density at radius 2 is 1.27 bits per heavy atom. The summed E-state index contributed by atoms with van der Waals surface area (Å²) in [7, 11) is 0. The zero-order chi connectivity index (χ0) is 12.0. The lowest BCUT2D eigenvalue weighted by Crippen LogP contribution is -2.63. The molecule has 1 aliphatic carbocycles. The topological polar surface area (TPSA) is 37.3 Å². The Kier molecular flexibility index (Phi) is 4.60. The molecule has 0 amide bonds. The van der Waals surface area contributed by atoms with Crippen LogP contribution in [0, 0.1) is 0 Å². The fourth-order valence-electron chi connectivity index (χ4n) is 1.35. The highest BCUT2D eigenvalue weighted by Gasteiger charge is 2.61. The molecule has 4 unspecified atom stereocenters. The largest absolute Gasteiger partial charge is 0.480 e. The van der Waals surface area contributed by atoms with Gasteiger partial charge in [0.15, 0.2) is 4.87 Å². The molecule has 15 heavy (non-hydrogen) atoms. The van der Waals surface area contributed by atoms with Crippen LogP contribution in [0.5, 0.6) is 0 Å². The summed E-state index contributed by atoms with van der Waals surface area (Å²) >= 11 is 35.1. The van der Waals surface area contributed by atoms with Crippen molar-refractivity contribution in [3.63, 3.8) is 0 Å². The molecule has 1 saturated carbocycles. The minimum Gasteiger partial charge on any atom is -0.480 e. The summed E-state index contributed by atoms with van der Waals surface area (Å²) in [5.41, 5.74) is 0. The summed E-state index contributed by atoms with van der Waals surface area (Å²) in [6.07, 6.45) is 0. The van der Waals surface area contributed by atoms with Gasteiger partial charge in [-0.05, 0) is 0 Å². The molecular formula is C7H6Cl6O2. The molecule has 1 N–H and O–H groups in total. The first-order chi connectivity index (χ1) is 6.74. The van der Waals surface area contributed by atoms with Gasteiger partial charge in [-0.3, -0.25) is 4.79 Å². The van der Waals surface area contributed by atoms with Crippen LogP contribution in [0.15, 0.2) is 0 Å². The van der Waals surface area contributed by atoms with Crippen molar-refractivity contribution in [3.8, 4) is 0 Å². The summed E-state index contributed by atoms with van der Waals surface area (Å²) in [4.78, 5) is 9.12. The number of carboxylic acids is 1. The fraction of sp³-hybridized carbons (Fsp3) is 0.857. The van der Waals surface area contributed by atoms with E-state index in [4.69, 9.17) is 74.7 Å². The number of hydrogen-bond donors (Lipinski definition) is 1. The molecule has 88 valence electrons. The number of aliphatic carboxylic acids is 1. The molecular weight excluding hydrogens is 329 g/mol. The van der Waals surface area contributed by atoms with Gasteiger partial charge in [-0.1, -0.05) is 0 Å². The second-order valence-corrected chi connectivity index (χ2v) is 6.29. The van der Waals surface area contributed by atoms with Crippen LogP contribution in [0.4, 0.5) is 0 Å². The number of carbonyl (C=O) groups is 1. The molecule has 0 aromatic carbocycles. The molecule has 0 saturated heterocycles. The molecule has 1 rings (SSSR count). The maximum Gasteiger partial charge on any atom is 0.327 e. The summed E-state index contributed by atoms with van der Waals surface area (Å²) < 4.78 is 0. The second-order valence-electron chi connectivity index (χ2n) is 3.21. The third-order valence-corrected chi connectivity index (χ3v) is 6.49. The third-order valence-electron chi connectivity index (χ3n) is 2.30. The van der Waals surface area contributed by atoms with Gasteiger partial charge in [-0.25, -0.2) is 0 Å². The van der Waals surface area contributed by atoms with E-state index in [-0.39, 0.29) is 0 Å². The maximum atomic E-state index is 11.0. The van der Waals surface area contributed by atoms with Crippen molar-refractivity contribution in [2.24, 2.45) is 0 Å². The molecule has 1 aliphatic rings. The van der Waals surface area contributed by atoms with E-state index in [0.29, 0.717) is 0 Å². The van der Waals surface area contributed by atoms with Crippen LogP contribution in [0.1, 0.15) is 0 Å². The maximum absolute atomic E-state index is 11.0. The van der Waals surface area contributed by atoms with Crippen LogP contribution in [0.2, 0.25) is 0 Å². The lowest BCUT2D eigenvalue weighted by molar-refractivity contribution is -0.140. The van der Waals surface area contributed by atoms with E-state index in [9.17, 15) is 4.79 Å². The summed E-state index contributed by atoms with van der Waals surface area (Å²) in [6.45, 7) is 0. The molecule has 0 aromatic rings. The Balaban J connectivity index is 3.12. The predicted octanol–water partition coefficient (Wildman–Crippen LogP) is 3.10. The van der Waals surface area contributed by atoms with Gasteiger partial charge >= 0.3 is 5.97 Å². The van der Waals surface area contributed by atoms with E-state index in [1.54, 1.807) is 0 Å². The van der Waals surface area contributed by atoms with Gasteiger partial charge in [0.2, 0.25) is 0 Å². The standard InChI is InChI=1S/C7H6Cl6O2/c8-1-2(9)4(11)7(13,6(14)15)5(12)3(1)10/h1-5H,(H,14,15). The van der Waals surface area contributed by atoms with E-state index in [0.717, 1.165) is 0 Å². The zero-order valence-corrected chi connectivity index (χ0v) is 11.5. The van der Waals surface area contributed by atoms with Crippen molar-refractivity contribution >= 4 is 75.6 Å². The van der Waals surface area contributed by atoms with Crippen LogP contribution in [0.25, 0.3) is 0 Å². The van der Waals surface area contributed by atoms with Crippen molar-refractivity contribution in [2.75, 3.05) is 0 Å². The quantitative estimate of drug-likeness (QED) is 0.748. The molecule has 0 aromatic heterocycles. The molecule has 0 radical (unpaired) electrons. The third kappa shape index (κ3) is 2.14. The Morgan fingerprint density at radius 1 is 0.933 bits per heavy atom. The van der Waals surface area contributed by atoms with Crippen LogP contribution in [0.3, 0.4) is 0 Å². The van der Waals surface area contributed by atoms with Crippen molar-refractivity contribution < 1.29 is 9.90 Å². The van der Waals surface area contributed by atoms with Gasteiger partial charge in [0, 0.05) is 0 Å². The van der Waals surface area contributed by atoms with Crippen LogP contribution in [-0.2, 0) is 4.79 Å². The van der Waals surface area contributed by atoms with Crippen molar-refractivity contribution in [1.82, 2.24) is 0 Å². The minimum absolute atomic E-state index is 0.732. The first kappa shape index (κ1) is 14.3. The number of carboxylic acid groups (broad SMARTS) is 1. The Bertz CT molecular complexity index is 256. The average Bonchev–Trinajstić information content (AvgIpc) is 2.20. The summed E-state index contributed by atoms with van der Waals surface area (Å²) in [5.74, 6) is -1.36. The van der Waals surface area contributed by atoms with Crippen molar-refractivity contribution in [1.29, 1.82) is 0 Å². The first-order valence-electron chi connectivity index (χ1n) is 3.87. The monoisotopic (exact) mass is 332 g/mol. The van der Waals surface area contributed by atoms with E-state index < -0.39 is 37.7 Å². The van der Waals surface area contributed by atoms with Gasteiger partial charge in [0.25, 0.3) is 0 Å². The van der Waals surface area contributed by atoms with Gasteiger partial charge in [-0.2, -0.15) is 0 Å². The second kappa shape index (κ2) is 4.83. The highest BCUT2D eigenvalue weighted by Crippen LogP contribution is 2.47. The molecule has 0 bridgehead atoms. The van der Waals surface area contributed by atoms with Gasteiger partial charge in [0.1, 0.15) is 0 Å². The van der Waals surface area contributed by atoms with Crippen LogP contribution < -0.4 is 0 Å². The molecule has 0 aliphatic heterocycles. The Labute approximate surface area is 117 Å². The molecule has 1 fully saturated rings. The number of alkyl halides is 6. The lowest BCUT2D eigenvalue weighted by Gasteiger charge is -2.43. The van der Waals surface area contributed by atoms with Crippen LogP contribution >= 0.6 is 69.6 Å². The van der Waals surface area contributed by atoms with E-state index in [1.807, 2.05) is 0 Å². The zero-order valence-electron chi connectivity index (χ0n) is 7.01. The van der Waals surface area contributed by atoms with E-state index in [1.165, 1.54) is 0 Å². The van der Waals surface area contributed by atoms with Crippen molar-refractivity contribution in [3.05, 3.63) is 0 Å². The number of rotatable bonds is 1. The molecule has 4 atom stereocenters. The summed E-state index contributed by atoms with van der Waals surface area (Å²) in [6, 6.07) is 0. The van der Waals surface area contributed by atoms with Gasteiger partial charge in [-0.15, -0.1) is 69.6 Å². The number of halogens is 6. The molecule has 2 nitrogen and oxygen atoms in total. The first-order valence-corrected chi connectivity index (χ1v) is 6.43. The van der Waals surface area contributed by atoms with Crippen molar-refractivity contribution in [2.45, 2.75) is 31.8 Å². The smallest absolute Gasteiger partial charge is 0.327 e. The van der Waals surface area contributed by atoms with E-state index >= 15 is 0 Å². The van der Waals surface area contributed by atoms with E-state index in [2.05, 4.69) is 0 Å². The number of hydrogen-bond acceptors (Lipinski definition) is 1. The molecule has 0 spiro atoms. The normalized spacial score (nSPS) is 51.5. The van der Waals surface area contributed by atoms with Gasteiger partial charge in [0.05, 0.1) is 26.9 Å². The summed E-state index contributed by atoms with van der Waals surface area (Å²) in [5, 5.41) is 4.35. The highest BCUT2D eigenvalue weighted by molar-refractivity contribution is 6.50. The average molecular weight is 335 g/mol. The predicted molar refractivity (Wildman–Crippen MR) is 64.4 cm³/mol.